The minimum atomic E-state index is -0.237. The van der Waals surface area contributed by atoms with Crippen molar-refractivity contribution in [3.63, 3.8) is 0 Å². The fraction of sp³-hybridized carbons (Fsp3) is 0.667. The third kappa shape index (κ3) is 3.05. The van der Waals surface area contributed by atoms with Gasteiger partial charge in [-0.05, 0) is 40.8 Å². The average Bonchev–Trinajstić information content (AvgIpc) is 2.53. The van der Waals surface area contributed by atoms with E-state index in [1.165, 1.54) is 38.5 Å². The zero-order valence-electron chi connectivity index (χ0n) is 8.79. The van der Waals surface area contributed by atoms with Crippen LogP contribution in [-0.4, -0.2) is 5.11 Å². The van der Waals surface area contributed by atoms with Gasteiger partial charge in [-0.15, -0.1) is 11.3 Å². The van der Waals surface area contributed by atoms with Crippen molar-refractivity contribution < 1.29 is 5.11 Å². The third-order valence-electron chi connectivity index (χ3n) is 3.23. The summed E-state index contributed by atoms with van der Waals surface area (Å²) < 4.78 is 1.09. The molecule has 0 aromatic carbocycles. The van der Waals surface area contributed by atoms with E-state index in [4.69, 9.17) is 0 Å². The van der Waals surface area contributed by atoms with Crippen LogP contribution >= 0.6 is 27.3 Å². The van der Waals surface area contributed by atoms with Crippen molar-refractivity contribution in [2.24, 2.45) is 5.92 Å². The fourth-order valence-corrected chi connectivity index (χ4v) is 3.86. The Hall–Kier alpha value is 0.140. The molecule has 1 unspecified atom stereocenters. The van der Waals surface area contributed by atoms with Crippen LogP contribution in [0.15, 0.2) is 15.9 Å². The Morgan fingerprint density at radius 1 is 1.27 bits per heavy atom. The van der Waals surface area contributed by atoms with Gasteiger partial charge in [0.05, 0.1) is 6.10 Å². The Kier molecular flexibility index (Phi) is 4.23. The van der Waals surface area contributed by atoms with Gasteiger partial charge in [0.25, 0.3) is 0 Å². The van der Waals surface area contributed by atoms with Crippen molar-refractivity contribution in [1.29, 1.82) is 0 Å². The first-order valence-corrected chi connectivity index (χ1v) is 7.36. The maximum absolute atomic E-state index is 10.3. The summed E-state index contributed by atoms with van der Waals surface area (Å²) in [5, 5.41) is 12.3. The highest BCUT2D eigenvalue weighted by Crippen LogP contribution is 2.36. The molecule has 15 heavy (non-hydrogen) atoms. The van der Waals surface area contributed by atoms with Crippen LogP contribution in [0.1, 0.15) is 49.5 Å². The van der Waals surface area contributed by atoms with Gasteiger partial charge in [-0.25, -0.2) is 0 Å². The largest absolute Gasteiger partial charge is 0.387 e. The molecule has 1 atom stereocenters. The molecule has 0 saturated heterocycles. The molecule has 1 aromatic heterocycles. The topological polar surface area (TPSA) is 20.2 Å². The summed E-state index contributed by atoms with van der Waals surface area (Å²) in [7, 11) is 0. The Balaban J connectivity index is 2.02. The van der Waals surface area contributed by atoms with E-state index >= 15 is 0 Å². The molecule has 1 aliphatic carbocycles. The lowest BCUT2D eigenvalue weighted by Crippen LogP contribution is -2.10. The summed E-state index contributed by atoms with van der Waals surface area (Å²) in [6.07, 6.45) is 7.41. The van der Waals surface area contributed by atoms with Crippen molar-refractivity contribution in [3.8, 4) is 0 Å². The van der Waals surface area contributed by atoms with Crippen LogP contribution in [-0.2, 0) is 0 Å². The molecule has 1 aliphatic rings. The Bertz CT molecular complexity index is 302. The van der Waals surface area contributed by atoms with E-state index < -0.39 is 0 Å². The molecule has 1 saturated carbocycles. The van der Waals surface area contributed by atoms with Gasteiger partial charge >= 0.3 is 0 Å². The van der Waals surface area contributed by atoms with Crippen LogP contribution < -0.4 is 0 Å². The van der Waals surface area contributed by atoms with Crippen LogP contribution in [0.3, 0.4) is 0 Å². The SMILES string of the molecule is OC(c1cc(Br)cs1)C1CCCCCC1. The summed E-state index contributed by atoms with van der Waals surface area (Å²) in [4.78, 5) is 1.12. The molecule has 84 valence electrons. The third-order valence-corrected chi connectivity index (χ3v) is 4.99. The summed E-state index contributed by atoms with van der Waals surface area (Å²) in [6, 6.07) is 2.06. The predicted octanol–water partition coefficient (Wildman–Crippen LogP) is 4.51. The Morgan fingerprint density at radius 3 is 2.47 bits per heavy atom. The standard InChI is InChI=1S/C12H17BrOS/c13-10-7-11(15-8-10)12(14)9-5-3-1-2-4-6-9/h7-9,12,14H,1-6H2. The van der Waals surface area contributed by atoms with Crippen LogP contribution in [0.5, 0.6) is 0 Å². The van der Waals surface area contributed by atoms with E-state index in [2.05, 4.69) is 27.4 Å². The fourth-order valence-electron chi connectivity index (χ4n) is 2.34. The van der Waals surface area contributed by atoms with Gasteiger partial charge in [0.15, 0.2) is 0 Å². The molecule has 0 spiro atoms. The molecule has 0 radical (unpaired) electrons. The number of aliphatic hydroxyl groups excluding tert-OH is 1. The van der Waals surface area contributed by atoms with E-state index in [0.717, 1.165) is 9.35 Å². The number of thiophene rings is 1. The van der Waals surface area contributed by atoms with E-state index in [1.807, 2.05) is 0 Å². The summed E-state index contributed by atoms with van der Waals surface area (Å²) in [5.74, 6) is 0.484. The molecule has 2 rings (SSSR count). The van der Waals surface area contributed by atoms with Crippen LogP contribution in [0.25, 0.3) is 0 Å². The zero-order valence-corrected chi connectivity index (χ0v) is 11.2. The molecular formula is C12H17BrOS. The molecule has 0 aliphatic heterocycles. The predicted molar refractivity (Wildman–Crippen MR) is 68.2 cm³/mol. The first-order valence-electron chi connectivity index (χ1n) is 5.69. The molecule has 3 heteroatoms. The Labute approximate surface area is 104 Å². The number of halogens is 1. The molecule has 1 fully saturated rings. The van der Waals surface area contributed by atoms with Gasteiger partial charge in [-0.3, -0.25) is 0 Å². The molecule has 1 N–H and O–H groups in total. The van der Waals surface area contributed by atoms with Crippen molar-refractivity contribution in [3.05, 3.63) is 20.8 Å². The van der Waals surface area contributed by atoms with Crippen LogP contribution in [0, 0.1) is 5.92 Å². The maximum atomic E-state index is 10.3. The second-order valence-corrected chi connectivity index (χ2v) is 6.22. The van der Waals surface area contributed by atoms with E-state index in [-0.39, 0.29) is 6.10 Å². The monoisotopic (exact) mass is 288 g/mol. The normalized spacial score (nSPS) is 21.2. The zero-order chi connectivity index (χ0) is 10.7. The number of hydrogen-bond donors (Lipinski definition) is 1. The van der Waals surface area contributed by atoms with Crippen molar-refractivity contribution in [2.45, 2.75) is 44.6 Å². The summed E-state index contributed by atoms with van der Waals surface area (Å²) >= 11 is 5.10. The Morgan fingerprint density at radius 2 is 1.93 bits per heavy atom. The lowest BCUT2D eigenvalue weighted by atomic mass is 9.93. The number of rotatable bonds is 2. The van der Waals surface area contributed by atoms with Crippen LogP contribution in [0.4, 0.5) is 0 Å². The molecule has 1 aromatic rings. The van der Waals surface area contributed by atoms with E-state index in [0.29, 0.717) is 5.92 Å². The number of aliphatic hydroxyl groups is 1. The minimum absolute atomic E-state index is 0.237. The molecular weight excluding hydrogens is 272 g/mol. The van der Waals surface area contributed by atoms with Crippen molar-refractivity contribution >= 4 is 27.3 Å². The van der Waals surface area contributed by atoms with E-state index in [9.17, 15) is 5.11 Å². The van der Waals surface area contributed by atoms with Gasteiger partial charge in [0, 0.05) is 14.7 Å². The molecule has 1 nitrogen and oxygen atoms in total. The quantitative estimate of drug-likeness (QED) is 0.794. The number of hydrogen-bond acceptors (Lipinski definition) is 2. The minimum Gasteiger partial charge on any atom is -0.387 e. The lowest BCUT2D eigenvalue weighted by molar-refractivity contribution is 0.102. The van der Waals surface area contributed by atoms with Gasteiger partial charge in [-0.2, -0.15) is 0 Å². The van der Waals surface area contributed by atoms with Crippen molar-refractivity contribution in [2.75, 3.05) is 0 Å². The highest BCUT2D eigenvalue weighted by molar-refractivity contribution is 9.10. The van der Waals surface area contributed by atoms with Gasteiger partial charge in [0.2, 0.25) is 0 Å². The summed E-state index contributed by atoms with van der Waals surface area (Å²) in [6.45, 7) is 0. The average molecular weight is 289 g/mol. The first-order chi connectivity index (χ1) is 7.27. The first kappa shape index (κ1) is 11.6. The van der Waals surface area contributed by atoms with Crippen LogP contribution in [0.2, 0.25) is 0 Å². The molecule has 0 amide bonds. The van der Waals surface area contributed by atoms with Gasteiger partial charge in [-0.1, -0.05) is 25.7 Å². The van der Waals surface area contributed by atoms with Gasteiger partial charge in [0.1, 0.15) is 0 Å². The molecule has 0 bridgehead atoms. The molecule has 1 heterocycles. The second-order valence-electron chi connectivity index (χ2n) is 4.36. The highest BCUT2D eigenvalue weighted by atomic mass is 79.9. The maximum Gasteiger partial charge on any atom is 0.0910 e. The lowest BCUT2D eigenvalue weighted by Gasteiger charge is -2.19. The second kappa shape index (κ2) is 5.46. The summed E-state index contributed by atoms with van der Waals surface area (Å²) in [5.41, 5.74) is 0. The van der Waals surface area contributed by atoms with Crippen molar-refractivity contribution in [1.82, 2.24) is 0 Å². The highest BCUT2D eigenvalue weighted by Gasteiger charge is 2.23. The van der Waals surface area contributed by atoms with Gasteiger partial charge < -0.3 is 5.11 Å². The smallest absolute Gasteiger partial charge is 0.0910 e. The van der Waals surface area contributed by atoms with E-state index in [1.54, 1.807) is 11.3 Å².